The molecule has 1 aromatic carbocycles. The molecule has 0 aliphatic heterocycles. The van der Waals surface area contributed by atoms with Crippen molar-refractivity contribution in [2.24, 2.45) is 11.8 Å². The Hall–Kier alpha value is -1.89. The maximum absolute atomic E-state index is 13.5. The summed E-state index contributed by atoms with van der Waals surface area (Å²) < 4.78 is 13.5. The third-order valence-corrected chi connectivity index (χ3v) is 2.62. The second-order valence-electron chi connectivity index (χ2n) is 4.20. The number of amides is 1. The number of carbonyl (C=O) groups is 1. The second-order valence-corrected chi connectivity index (χ2v) is 4.20. The Bertz CT molecular complexity index is 451. The van der Waals surface area contributed by atoms with E-state index in [1.807, 2.05) is 6.07 Å². The van der Waals surface area contributed by atoms with Crippen LogP contribution in [0, 0.1) is 29.0 Å². The minimum absolute atomic E-state index is 0.0956. The van der Waals surface area contributed by atoms with E-state index in [4.69, 9.17) is 5.26 Å². The summed E-state index contributed by atoms with van der Waals surface area (Å²) in [5.74, 6) is -1.70. The van der Waals surface area contributed by atoms with E-state index in [1.54, 1.807) is 26.0 Å². The van der Waals surface area contributed by atoms with E-state index in [9.17, 15) is 9.18 Å². The lowest BCUT2D eigenvalue weighted by molar-refractivity contribution is -0.121. The van der Waals surface area contributed by atoms with Crippen molar-refractivity contribution in [3.63, 3.8) is 0 Å². The zero-order chi connectivity index (χ0) is 13.0. The third-order valence-electron chi connectivity index (χ3n) is 2.62. The molecule has 0 aliphatic carbocycles. The van der Waals surface area contributed by atoms with E-state index in [2.05, 4.69) is 0 Å². The van der Waals surface area contributed by atoms with Gasteiger partial charge in [0.2, 0.25) is 5.91 Å². The van der Waals surface area contributed by atoms with Crippen molar-refractivity contribution in [2.45, 2.75) is 13.8 Å². The Labute approximate surface area is 100 Å². The first-order valence-corrected chi connectivity index (χ1v) is 5.40. The van der Waals surface area contributed by atoms with Crippen molar-refractivity contribution in [1.29, 1.82) is 5.26 Å². The van der Waals surface area contributed by atoms with Gasteiger partial charge in [-0.05, 0) is 18.1 Å². The molecule has 0 aliphatic rings. The van der Waals surface area contributed by atoms with Gasteiger partial charge >= 0.3 is 0 Å². The van der Waals surface area contributed by atoms with E-state index in [-0.39, 0.29) is 17.5 Å². The minimum atomic E-state index is -0.750. The maximum Gasteiger partial charge on any atom is 0.244 e. The largest absolute Gasteiger partial charge is 0.312 e. The number of anilines is 1. The first-order chi connectivity index (χ1) is 7.99. The fourth-order valence-electron chi connectivity index (χ4n) is 1.54. The van der Waals surface area contributed by atoms with Gasteiger partial charge in [0, 0.05) is 7.05 Å². The Morgan fingerprint density at radius 3 is 2.47 bits per heavy atom. The van der Waals surface area contributed by atoms with Crippen LogP contribution in [0.2, 0.25) is 0 Å². The lowest BCUT2D eigenvalue weighted by Gasteiger charge is -2.22. The minimum Gasteiger partial charge on any atom is -0.312 e. The van der Waals surface area contributed by atoms with Gasteiger partial charge in [0.15, 0.2) is 0 Å². The van der Waals surface area contributed by atoms with E-state index < -0.39 is 11.7 Å². The van der Waals surface area contributed by atoms with Crippen molar-refractivity contribution < 1.29 is 9.18 Å². The average molecular weight is 234 g/mol. The van der Waals surface area contributed by atoms with E-state index in [0.29, 0.717) is 0 Å². The van der Waals surface area contributed by atoms with Crippen molar-refractivity contribution in [2.75, 3.05) is 11.9 Å². The number of nitriles is 1. The molecule has 0 bridgehead atoms. The molecule has 0 N–H and O–H groups in total. The summed E-state index contributed by atoms with van der Waals surface area (Å²) in [4.78, 5) is 13.2. The maximum atomic E-state index is 13.5. The molecule has 1 atom stereocenters. The second kappa shape index (κ2) is 5.44. The molecule has 90 valence electrons. The number of halogens is 1. The smallest absolute Gasteiger partial charge is 0.244 e. The molecule has 0 saturated carbocycles. The monoisotopic (exact) mass is 234 g/mol. The van der Waals surface area contributed by atoms with Crippen LogP contribution in [0.15, 0.2) is 24.3 Å². The summed E-state index contributed by atoms with van der Waals surface area (Å²) in [7, 11) is 1.48. The summed E-state index contributed by atoms with van der Waals surface area (Å²) in [6, 6.07) is 7.97. The topological polar surface area (TPSA) is 44.1 Å². The number of rotatable bonds is 3. The van der Waals surface area contributed by atoms with Crippen LogP contribution in [-0.2, 0) is 4.79 Å². The number of nitrogens with zero attached hydrogens (tertiary/aromatic N) is 2. The van der Waals surface area contributed by atoms with E-state index in [0.717, 1.165) is 0 Å². The highest BCUT2D eigenvalue weighted by Gasteiger charge is 2.26. The molecule has 17 heavy (non-hydrogen) atoms. The zero-order valence-corrected chi connectivity index (χ0v) is 10.1. The number of hydrogen-bond donors (Lipinski definition) is 0. The first kappa shape index (κ1) is 13.2. The number of benzene rings is 1. The highest BCUT2D eigenvalue weighted by molar-refractivity contribution is 5.96. The SMILES string of the molecule is CC(C)C(C#N)C(=O)N(C)c1ccccc1F. The number of carbonyl (C=O) groups excluding carboxylic acids is 1. The van der Waals surface area contributed by atoms with Gasteiger partial charge in [-0.25, -0.2) is 4.39 Å². The van der Waals surface area contributed by atoms with Crippen molar-refractivity contribution >= 4 is 11.6 Å². The fourth-order valence-corrected chi connectivity index (χ4v) is 1.54. The van der Waals surface area contributed by atoms with Crippen LogP contribution in [0.1, 0.15) is 13.8 Å². The molecule has 1 aromatic rings. The van der Waals surface area contributed by atoms with Crippen LogP contribution in [0.4, 0.5) is 10.1 Å². The molecule has 0 spiro atoms. The first-order valence-electron chi connectivity index (χ1n) is 5.40. The molecule has 0 saturated heterocycles. The molecule has 1 amide bonds. The van der Waals surface area contributed by atoms with E-state index in [1.165, 1.54) is 24.1 Å². The lowest BCUT2D eigenvalue weighted by atomic mass is 9.96. The third kappa shape index (κ3) is 2.82. The number of hydrogen-bond acceptors (Lipinski definition) is 2. The van der Waals surface area contributed by atoms with Crippen molar-refractivity contribution in [1.82, 2.24) is 0 Å². The summed E-state index contributed by atoms with van der Waals surface area (Å²) in [5, 5.41) is 8.94. The predicted molar refractivity (Wildman–Crippen MR) is 63.8 cm³/mol. The van der Waals surface area contributed by atoms with Crippen LogP contribution in [0.5, 0.6) is 0 Å². The molecule has 1 unspecified atom stereocenters. The van der Waals surface area contributed by atoms with Gasteiger partial charge in [0.25, 0.3) is 0 Å². The average Bonchev–Trinajstić information content (AvgIpc) is 2.29. The zero-order valence-electron chi connectivity index (χ0n) is 10.1. The fraction of sp³-hybridized carbons (Fsp3) is 0.385. The lowest BCUT2D eigenvalue weighted by Crippen LogP contribution is -2.35. The predicted octanol–water partition coefficient (Wildman–Crippen LogP) is 2.58. The molecule has 0 radical (unpaired) electrons. The van der Waals surface area contributed by atoms with Crippen LogP contribution >= 0.6 is 0 Å². The van der Waals surface area contributed by atoms with Gasteiger partial charge in [-0.3, -0.25) is 4.79 Å². The van der Waals surface area contributed by atoms with Crippen LogP contribution in [0.25, 0.3) is 0 Å². The molecule has 0 heterocycles. The Balaban J connectivity index is 2.99. The summed E-state index contributed by atoms with van der Waals surface area (Å²) in [6.45, 7) is 3.59. The Morgan fingerprint density at radius 2 is 2.00 bits per heavy atom. The normalized spacial score (nSPS) is 12.0. The van der Waals surface area contributed by atoms with Gasteiger partial charge in [-0.15, -0.1) is 0 Å². The Kier molecular flexibility index (Phi) is 4.22. The molecule has 1 rings (SSSR count). The summed E-state index contributed by atoms with van der Waals surface area (Å²) in [5.41, 5.74) is 0.193. The molecular formula is C13H15FN2O. The molecule has 3 nitrogen and oxygen atoms in total. The van der Waals surface area contributed by atoms with Gasteiger partial charge in [0.1, 0.15) is 11.7 Å². The summed E-state index contributed by atoms with van der Waals surface area (Å²) in [6.07, 6.45) is 0. The van der Waals surface area contributed by atoms with Gasteiger partial charge < -0.3 is 4.90 Å². The summed E-state index contributed by atoms with van der Waals surface area (Å²) >= 11 is 0. The Morgan fingerprint density at radius 1 is 1.41 bits per heavy atom. The highest BCUT2D eigenvalue weighted by Crippen LogP contribution is 2.21. The van der Waals surface area contributed by atoms with Crippen LogP contribution in [-0.4, -0.2) is 13.0 Å². The molecule has 0 fully saturated rings. The quantitative estimate of drug-likeness (QED) is 0.806. The molecule has 4 heteroatoms. The van der Waals surface area contributed by atoms with Gasteiger partial charge in [-0.1, -0.05) is 26.0 Å². The molecular weight excluding hydrogens is 219 g/mol. The standard InChI is InChI=1S/C13H15FN2O/c1-9(2)10(8-15)13(17)16(3)12-7-5-4-6-11(12)14/h4-7,9-10H,1-3H3. The van der Waals surface area contributed by atoms with Gasteiger partial charge in [0.05, 0.1) is 11.8 Å². The number of para-hydroxylation sites is 1. The van der Waals surface area contributed by atoms with Gasteiger partial charge in [-0.2, -0.15) is 5.26 Å². The van der Waals surface area contributed by atoms with Crippen LogP contribution < -0.4 is 4.90 Å². The van der Waals surface area contributed by atoms with Crippen molar-refractivity contribution in [3.8, 4) is 6.07 Å². The van der Waals surface area contributed by atoms with E-state index >= 15 is 0 Å². The van der Waals surface area contributed by atoms with Crippen molar-refractivity contribution in [3.05, 3.63) is 30.1 Å². The van der Waals surface area contributed by atoms with Crippen LogP contribution in [0.3, 0.4) is 0 Å². The highest BCUT2D eigenvalue weighted by atomic mass is 19.1. The molecule has 0 aromatic heterocycles.